The fraction of sp³-hybridized carbons (Fsp3) is 0.933. The molecule has 3 fully saturated rings. The summed E-state index contributed by atoms with van der Waals surface area (Å²) < 4.78 is 6.19. The Balaban J connectivity index is 1.45. The lowest BCUT2D eigenvalue weighted by atomic mass is 9.47. The van der Waals surface area contributed by atoms with Gasteiger partial charge >= 0.3 is 0 Å². The quantitative estimate of drug-likeness (QED) is 0.351. The van der Waals surface area contributed by atoms with Gasteiger partial charge in [0.1, 0.15) is 0 Å². The maximum atomic E-state index is 6.19. The third-order valence-electron chi connectivity index (χ3n) is 10.8. The van der Waals surface area contributed by atoms with E-state index in [1.54, 1.807) is 5.57 Å². The van der Waals surface area contributed by atoms with Crippen LogP contribution in [0.15, 0.2) is 11.6 Å². The lowest BCUT2D eigenvalue weighted by Gasteiger charge is -2.58. The molecular weight excluding hydrogens is 376 g/mol. The van der Waals surface area contributed by atoms with Gasteiger partial charge in [0.2, 0.25) is 0 Å². The van der Waals surface area contributed by atoms with Crippen molar-refractivity contribution in [2.75, 3.05) is 6.61 Å². The van der Waals surface area contributed by atoms with Crippen LogP contribution in [0.4, 0.5) is 0 Å². The zero-order valence-corrected chi connectivity index (χ0v) is 21.7. The Bertz CT molecular complexity index is 634. The Kier molecular flexibility index (Phi) is 7.32. The Hall–Kier alpha value is -0.300. The van der Waals surface area contributed by atoms with Gasteiger partial charge in [0, 0.05) is 6.61 Å². The molecule has 0 aliphatic heterocycles. The molecule has 0 bridgehead atoms. The molecule has 4 rings (SSSR count). The van der Waals surface area contributed by atoms with Crippen LogP contribution in [0.25, 0.3) is 0 Å². The molecule has 178 valence electrons. The molecule has 1 unspecified atom stereocenters. The summed E-state index contributed by atoms with van der Waals surface area (Å²) in [5.41, 5.74) is 2.86. The van der Waals surface area contributed by atoms with Crippen LogP contribution in [-0.2, 0) is 4.74 Å². The first-order valence-electron chi connectivity index (χ1n) is 14.1. The number of allylic oxidation sites excluding steroid dienone is 1. The number of hydrogen-bond donors (Lipinski definition) is 0. The van der Waals surface area contributed by atoms with Gasteiger partial charge in [0.05, 0.1) is 6.10 Å². The summed E-state index contributed by atoms with van der Waals surface area (Å²) in [6.07, 6.45) is 19.9. The van der Waals surface area contributed by atoms with Crippen LogP contribution in [0.1, 0.15) is 119 Å². The Labute approximate surface area is 194 Å². The molecule has 0 spiro atoms. The maximum Gasteiger partial charge on any atom is 0.0612 e. The van der Waals surface area contributed by atoms with Crippen LogP contribution in [-0.4, -0.2) is 12.7 Å². The fourth-order valence-corrected chi connectivity index (χ4v) is 9.08. The largest absolute Gasteiger partial charge is 0.378 e. The Morgan fingerprint density at radius 3 is 2.55 bits per heavy atom. The minimum atomic E-state index is 0.470. The van der Waals surface area contributed by atoms with Gasteiger partial charge < -0.3 is 4.74 Å². The highest BCUT2D eigenvalue weighted by atomic mass is 16.5. The molecule has 0 saturated heterocycles. The van der Waals surface area contributed by atoms with Gasteiger partial charge in [0.15, 0.2) is 0 Å². The van der Waals surface area contributed by atoms with Crippen molar-refractivity contribution >= 4 is 0 Å². The molecular formula is C30H52O. The molecule has 0 aromatic heterocycles. The van der Waals surface area contributed by atoms with Crippen molar-refractivity contribution in [2.24, 2.45) is 46.3 Å². The van der Waals surface area contributed by atoms with Gasteiger partial charge in [-0.1, -0.05) is 72.5 Å². The second kappa shape index (κ2) is 9.52. The van der Waals surface area contributed by atoms with E-state index in [2.05, 4.69) is 47.6 Å². The van der Waals surface area contributed by atoms with Gasteiger partial charge in [-0.05, 0) is 104 Å². The zero-order valence-electron chi connectivity index (χ0n) is 21.7. The van der Waals surface area contributed by atoms with E-state index < -0.39 is 0 Å². The molecule has 1 heteroatoms. The zero-order chi connectivity index (χ0) is 22.2. The van der Waals surface area contributed by atoms with Gasteiger partial charge in [-0.15, -0.1) is 0 Å². The van der Waals surface area contributed by atoms with Crippen LogP contribution in [0, 0.1) is 46.3 Å². The topological polar surface area (TPSA) is 9.23 Å². The molecule has 31 heavy (non-hydrogen) atoms. The molecule has 0 heterocycles. The second-order valence-corrected chi connectivity index (χ2v) is 13.0. The van der Waals surface area contributed by atoms with Crippen molar-refractivity contribution in [1.82, 2.24) is 0 Å². The van der Waals surface area contributed by atoms with Crippen molar-refractivity contribution < 1.29 is 4.74 Å². The number of ether oxygens (including phenoxy) is 1. The number of rotatable bonds is 8. The van der Waals surface area contributed by atoms with E-state index in [-0.39, 0.29) is 0 Å². The third kappa shape index (κ3) is 4.43. The average Bonchev–Trinajstić information content (AvgIpc) is 3.09. The predicted octanol–water partition coefficient (Wildman–Crippen LogP) is 8.82. The van der Waals surface area contributed by atoms with Gasteiger partial charge in [0.25, 0.3) is 0 Å². The number of fused-ring (bicyclic) bond motifs is 5. The maximum absolute atomic E-state index is 6.19. The van der Waals surface area contributed by atoms with Crippen LogP contribution in [0.3, 0.4) is 0 Å². The molecule has 0 radical (unpaired) electrons. The van der Waals surface area contributed by atoms with Gasteiger partial charge in [-0.2, -0.15) is 0 Å². The summed E-state index contributed by atoms with van der Waals surface area (Å²) in [7, 11) is 0. The van der Waals surface area contributed by atoms with Crippen molar-refractivity contribution in [3.63, 3.8) is 0 Å². The summed E-state index contributed by atoms with van der Waals surface area (Å²) in [5, 5.41) is 0. The first-order valence-corrected chi connectivity index (χ1v) is 14.1. The SMILES string of the molecule is CCCOC1CC[C@@]2(C)C(=CC[C@H]3[C@@H]4CC[C@H]([C@H](C)CCCC(C)C)[C@@]4(C)CC[C@@H]32)C1. The van der Waals surface area contributed by atoms with Gasteiger partial charge in [-0.3, -0.25) is 0 Å². The molecule has 1 nitrogen and oxygen atoms in total. The van der Waals surface area contributed by atoms with E-state index in [1.165, 1.54) is 70.6 Å². The molecule has 4 aliphatic carbocycles. The Morgan fingerprint density at radius 2 is 1.81 bits per heavy atom. The average molecular weight is 429 g/mol. The summed E-state index contributed by atoms with van der Waals surface area (Å²) in [4.78, 5) is 0. The number of hydrogen-bond acceptors (Lipinski definition) is 1. The molecule has 3 saturated carbocycles. The van der Waals surface area contributed by atoms with Gasteiger partial charge in [-0.25, -0.2) is 0 Å². The first-order chi connectivity index (χ1) is 14.8. The van der Waals surface area contributed by atoms with E-state index in [4.69, 9.17) is 4.74 Å². The third-order valence-corrected chi connectivity index (χ3v) is 10.8. The monoisotopic (exact) mass is 428 g/mol. The van der Waals surface area contributed by atoms with E-state index in [1.807, 2.05) is 0 Å². The van der Waals surface area contributed by atoms with Crippen molar-refractivity contribution in [1.29, 1.82) is 0 Å². The summed E-state index contributed by atoms with van der Waals surface area (Å²) in [6.45, 7) is 15.9. The van der Waals surface area contributed by atoms with Crippen LogP contribution in [0.2, 0.25) is 0 Å². The van der Waals surface area contributed by atoms with Crippen molar-refractivity contribution in [3.05, 3.63) is 11.6 Å². The lowest BCUT2D eigenvalue weighted by molar-refractivity contribution is -0.0638. The summed E-state index contributed by atoms with van der Waals surface area (Å²) in [5.74, 6) is 5.62. The van der Waals surface area contributed by atoms with Crippen LogP contribution < -0.4 is 0 Å². The smallest absolute Gasteiger partial charge is 0.0612 e. The summed E-state index contributed by atoms with van der Waals surface area (Å²) in [6, 6.07) is 0. The highest BCUT2D eigenvalue weighted by Gasteiger charge is 2.59. The minimum Gasteiger partial charge on any atom is -0.378 e. The normalized spacial score (nSPS) is 43.2. The standard InChI is InChI=1S/C30H52O/c1-7-19-31-24-15-17-29(5)23(20-24)11-12-25-27-14-13-26(22(4)10-8-9-21(2)3)30(27,6)18-16-28(25)29/h11,21-22,24-28H,7-10,12-20H2,1-6H3/t22-,24?,25+,26-,27+,28+,29+,30-/m1/s1. The molecule has 4 aliphatic rings. The van der Waals surface area contributed by atoms with E-state index in [0.29, 0.717) is 16.9 Å². The highest BCUT2D eigenvalue weighted by molar-refractivity contribution is 5.25. The molecule has 0 aromatic rings. The van der Waals surface area contributed by atoms with E-state index >= 15 is 0 Å². The van der Waals surface area contributed by atoms with Crippen LogP contribution in [0.5, 0.6) is 0 Å². The highest BCUT2D eigenvalue weighted by Crippen LogP contribution is 2.67. The summed E-state index contributed by atoms with van der Waals surface area (Å²) >= 11 is 0. The lowest BCUT2D eigenvalue weighted by Crippen LogP contribution is -2.51. The fourth-order valence-electron chi connectivity index (χ4n) is 9.08. The predicted molar refractivity (Wildman–Crippen MR) is 133 cm³/mol. The second-order valence-electron chi connectivity index (χ2n) is 13.0. The van der Waals surface area contributed by atoms with E-state index in [9.17, 15) is 0 Å². The molecule has 0 amide bonds. The molecule has 0 N–H and O–H groups in total. The minimum absolute atomic E-state index is 0.470. The Morgan fingerprint density at radius 1 is 1.00 bits per heavy atom. The molecule has 0 aromatic carbocycles. The van der Waals surface area contributed by atoms with E-state index in [0.717, 1.165) is 48.5 Å². The molecule has 8 atom stereocenters. The van der Waals surface area contributed by atoms with Crippen molar-refractivity contribution in [2.45, 2.75) is 125 Å². The first kappa shape index (κ1) is 23.8. The van der Waals surface area contributed by atoms with Crippen molar-refractivity contribution in [3.8, 4) is 0 Å². The van der Waals surface area contributed by atoms with Crippen LogP contribution >= 0.6 is 0 Å².